The Balaban J connectivity index is 2.04. The molecule has 0 fully saturated rings. The SMILES string of the molecule is COc1ccccc1-c1cccc(C)c1C(=O)NS(=O)(=O)c1ccc(C)cc1. The number of carbonyl (C=O) groups excluding carboxylic acids is 1. The minimum absolute atomic E-state index is 0.0406. The summed E-state index contributed by atoms with van der Waals surface area (Å²) in [7, 11) is -2.43. The number of methoxy groups -OCH3 is 1. The molecule has 144 valence electrons. The van der Waals surface area contributed by atoms with Crippen molar-refractivity contribution in [2.24, 2.45) is 0 Å². The molecular weight excluding hydrogens is 374 g/mol. The zero-order valence-corrected chi connectivity index (χ0v) is 16.7. The van der Waals surface area contributed by atoms with Crippen LogP contribution in [-0.2, 0) is 10.0 Å². The fraction of sp³-hybridized carbons (Fsp3) is 0.136. The Bertz CT molecular complexity index is 1120. The van der Waals surface area contributed by atoms with Gasteiger partial charge in [-0.3, -0.25) is 4.79 Å². The van der Waals surface area contributed by atoms with E-state index in [1.165, 1.54) is 12.1 Å². The quantitative estimate of drug-likeness (QED) is 0.706. The first-order valence-corrected chi connectivity index (χ1v) is 10.2. The van der Waals surface area contributed by atoms with Crippen LogP contribution in [0.2, 0.25) is 0 Å². The number of carbonyl (C=O) groups is 1. The predicted octanol–water partition coefficient (Wildman–Crippen LogP) is 4.10. The number of para-hydroxylation sites is 1. The molecule has 0 saturated carbocycles. The van der Waals surface area contributed by atoms with Gasteiger partial charge in [0.25, 0.3) is 15.9 Å². The molecule has 0 unspecified atom stereocenters. The molecule has 1 amide bonds. The van der Waals surface area contributed by atoms with E-state index in [1.54, 1.807) is 44.4 Å². The van der Waals surface area contributed by atoms with E-state index in [0.29, 0.717) is 28.0 Å². The van der Waals surface area contributed by atoms with E-state index >= 15 is 0 Å². The second-order valence-electron chi connectivity index (χ2n) is 6.45. The van der Waals surface area contributed by atoms with Gasteiger partial charge in [-0.25, -0.2) is 13.1 Å². The molecule has 3 rings (SSSR count). The van der Waals surface area contributed by atoms with E-state index in [-0.39, 0.29) is 4.90 Å². The lowest BCUT2D eigenvalue weighted by atomic mass is 9.95. The summed E-state index contributed by atoms with van der Waals surface area (Å²) in [4.78, 5) is 13.0. The van der Waals surface area contributed by atoms with Crippen molar-refractivity contribution in [2.45, 2.75) is 18.7 Å². The molecule has 0 aromatic heterocycles. The van der Waals surface area contributed by atoms with Gasteiger partial charge in [0.1, 0.15) is 5.75 Å². The van der Waals surface area contributed by atoms with Crippen LogP contribution in [0.5, 0.6) is 5.75 Å². The average Bonchev–Trinajstić information content (AvgIpc) is 2.67. The van der Waals surface area contributed by atoms with Crippen LogP contribution in [0.1, 0.15) is 21.5 Å². The summed E-state index contributed by atoms with van der Waals surface area (Å²) in [6.45, 7) is 3.63. The molecule has 28 heavy (non-hydrogen) atoms. The minimum atomic E-state index is -3.99. The van der Waals surface area contributed by atoms with Crippen LogP contribution < -0.4 is 9.46 Å². The molecule has 0 aliphatic carbocycles. The van der Waals surface area contributed by atoms with Crippen molar-refractivity contribution in [2.75, 3.05) is 7.11 Å². The molecule has 0 aliphatic heterocycles. The van der Waals surface area contributed by atoms with Crippen LogP contribution in [0.3, 0.4) is 0 Å². The molecule has 0 atom stereocenters. The van der Waals surface area contributed by atoms with Crippen molar-refractivity contribution in [3.8, 4) is 16.9 Å². The van der Waals surface area contributed by atoms with Gasteiger partial charge in [-0.1, -0.05) is 54.1 Å². The molecule has 3 aromatic carbocycles. The molecule has 0 heterocycles. The van der Waals surface area contributed by atoms with Crippen molar-refractivity contribution < 1.29 is 17.9 Å². The van der Waals surface area contributed by atoms with Gasteiger partial charge >= 0.3 is 0 Å². The lowest BCUT2D eigenvalue weighted by Crippen LogP contribution is -2.31. The molecule has 0 bridgehead atoms. The summed E-state index contributed by atoms with van der Waals surface area (Å²) in [6.07, 6.45) is 0. The maximum Gasteiger partial charge on any atom is 0.265 e. The van der Waals surface area contributed by atoms with Gasteiger partial charge < -0.3 is 4.74 Å². The van der Waals surface area contributed by atoms with Crippen molar-refractivity contribution in [1.29, 1.82) is 0 Å². The number of hydrogen-bond donors (Lipinski definition) is 1. The fourth-order valence-corrected chi connectivity index (χ4v) is 3.97. The first-order valence-electron chi connectivity index (χ1n) is 8.70. The zero-order valence-electron chi connectivity index (χ0n) is 15.9. The highest BCUT2D eigenvalue weighted by atomic mass is 32.2. The molecule has 0 saturated heterocycles. The van der Waals surface area contributed by atoms with Crippen LogP contribution in [0.15, 0.2) is 71.6 Å². The Kier molecular flexibility index (Phi) is 5.51. The summed E-state index contributed by atoms with van der Waals surface area (Å²) in [5.74, 6) is -0.0804. The van der Waals surface area contributed by atoms with E-state index in [2.05, 4.69) is 4.72 Å². The van der Waals surface area contributed by atoms with Crippen molar-refractivity contribution >= 4 is 15.9 Å². The topological polar surface area (TPSA) is 72.5 Å². The monoisotopic (exact) mass is 395 g/mol. The number of amides is 1. The Morgan fingerprint density at radius 2 is 1.50 bits per heavy atom. The highest BCUT2D eigenvalue weighted by molar-refractivity contribution is 7.90. The minimum Gasteiger partial charge on any atom is -0.496 e. The zero-order chi connectivity index (χ0) is 20.3. The number of hydrogen-bond acceptors (Lipinski definition) is 4. The number of rotatable bonds is 5. The lowest BCUT2D eigenvalue weighted by molar-refractivity contribution is 0.0981. The smallest absolute Gasteiger partial charge is 0.265 e. The average molecular weight is 395 g/mol. The van der Waals surface area contributed by atoms with Gasteiger partial charge in [0.15, 0.2) is 0 Å². The van der Waals surface area contributed by atoms with Gasteiger partial charge in [-0.2, -0.15) is 0 Å². The molecule has 5 nitrogen and oxygen atoms in total. The summed E-state index contributed by atoms with van der Waals surface area (Å²) in [6, 6.07) is 19.0. The Morgan fingerprint density at radius 1 is 0.857 bits per heavy atom. The van der Waals surface area contributed by atoms with E-state index in [0.717, 1.165) is 5.56 Å². The van der Waals surface area contributed by atoms with Gasteiger partial charge in [0, 0.05) is 5.56 Å². The van der Waals surface area contributed by atoms with Crippen LogP contribution in [0, 0.1) is 13.8 Å². The highest BCUT2D eigenvalue weighted by Gasteiger charge is 2.23. The largest absolute Gasteiger partial charge is 0.496 e. The number of benzene rings is 3. The van der Waals surface area contributed by atoms with Gasteiger partial charge in [-0.05, 0) is 43.2 Å². The van der Waals surface area contributed by atoms with Crippen LogP contribution in [0.4, 0.5) is 0 Å². The van der Waals surface area contributed by atoms with Crippen LogP contribution >= 0.6 is 0 Å². The molecule has 0 radical (unpaired) electrons. The molecule has 0 aliphatic rings. The highest BCUT2D eigenvalue weighted by Crippen LogP contribution is 2.33. The Morgan fingerprint density at radius 3 is 2.18 bits per heavy atom. The predicted molar refractivity (Wildman–Crippen MR) is 109 cm³/mol. The molecular formula is C22H21NO4S. The summed E-state index contributed by atoms with van der Waals surface area (Å²) < 4.78 is 32.9. The molecule has 1 N–H and O–H groups in total. The van der Waals surface area contributed by atoms with E-state index in [1.807, 2.05) is 31.2 Å². The normalized spacial score (nSPS) is 11.1. The van der Waals surface area contributed by atoms with Crippen molar-refractivity contribution in [3.63, 3.8) is 0 Å². The van der Waals surface area contributed by atoms with E-state index in [4.69, 9.17) is 4.74 Å². The lowest BCUT2D eigenvalue weighted by Gasteiger charge is -2.15. The number of sulfonamides is 1. The Hall–Kier alpha value is -3.12. The third kappa shape index (κ3) is 3.92. The van der Waals surface area contributed by atoms with Crippen molar-refractivity contribution in [1.82, 2.24) is 4.72 Å². The summed E-state index contributed by atoms with van der Waals surface area (Å²) in [5, 5.41) is 0. The number of nitrogens with one attached hydrogen (secondary N) is 1. The third-order valence-electron chi connectivity index (χ3n) is 4.46. The maximum absolute atomic E-state index is 13.0. The van der Waals surface area contributed by atoms with E-state index in [9.17, 15) is 13.2 Å². The second-order valence-corrected chi connectivity index (χ2v) is 8.13. The summed E-state index contributed by atoms with van der Waals surface area (Å²) in [5.41, 5.74) is 3.21. The first-order chi connectivity index (χ1) is 13.3. The second kappa shape index (κ2) is 7.86. The first kappa shape index (κ1) is 19.6. The van der Waals surface area contributed by atoms with Gasteiger partial charge in [0.05, 0.1) is 17.6 Å². The standard InChI is InChI=1S/C22H21NO4S/c1-15-11-13-17(14-12-15)28(25,26)23-22(24)21-16(2)7-6-9-19(21)18-8-4-5-10-20(18)27-3/h4-14H,1-3H3,(H,23,24). The van der Waals surface area contributed by atoms with Crippen LogP contribution in [0.25, 0.3) is 11.1 Å². The molecule has 6 heteroatoms. The Labute approximate surface area is 165 Å². The van der Waals surface area contributed by atoms with Crippen LogP contribution in [-0.4, -0.2) is 21.4 Å². The molecule has 3 aromatic rings. The maximum atomic E-state index is 13.0. The number of aryl methyl sites for hydroxylation is 2. The molecule has 0 spiro atoms. The van der Waals surface area contributed by atoms with Gasteiger partial charge in [0.2, 0.25) is 0 Å². The fourth-order valence-electron chi connectivity index (χ4n) is 3.01. The number of ether oxygens (including phenoxy) is 1. The third-order valence-corrected chi connectivity index (χ3v) is 5.80. The summed E-state index contributed by atoms with van der Waals surface area (Å²) >= 11 is 0. The van der Waals surface area contributed by atoms with E-state index < -0.39 is 15.9 Å². The van der Waals surface area contributed by atoms with Gasteiger partial charge in [-0.15, -0.1) is 0 Å². The van der Waals surface area contributed by atoms with Crippen molar-refractivity contribution in [3.05, 3.63) is 83.4 Å².